The number of likely N-dealkylation sites (tertiary alicyclic amines) is 1. The molecule has 1 fully saturated rings. The third-order valence-electron chi connectivity index (χ3n) is 3.32. The molecule has 1 aliphatic heterocycles. The summed E-state index contributed by atoms with van der Waals surface area (Å²) in [6.07, 6.45) is 1.11. The van der Waals surface area contributed by atoms with Gasteiger partial charge in [-0.2, -0.15) is 0 Å². The summed E-state index contributed by atoms with van der Waals surface area (Å²) in [6, 6.07) is 5.41. The van der Waals surface area contributed by atoms with Crippen molar-refractivity contribution >= 4 is 40.9 Å². The van der Waals surface area contributed by atoms with Crippen LogP contribution in [0.2, 0.25) is 10.0 Å². The van der Waals surface area contributed by atoms with Crippen molar-refractivity contribution in [3.05, 3.63) is 33.8 Å². The van der Waals surface area contributed by atoms with Gasteiger partial charge in [-0.3, -0.25) is 4.79 Å². The predicted octanol–water partition coefficient (Wildman–Crippen LogP) is 3.21. The number of carbonyl (C=O) groups is 1. The van der Waals surface area contributed by atoms with Crippen molar-refractivity contribution in [3.63, 3.8) is 0 Å². The van der Waals surface area contributed by atoms with E-state index in [0.29, 0.717) is 47.5 Å². The summed E-state index contributed by atoms with van der Waals surface area (Å²) in [5.74, 6) is 1.26. The molecule has 0 aliphatic carbocycles. The number of benzene rings is 1. The van der Waals surface area contributed by atoms with E-state index >= 15 is 0 Å². The fraction of sp³-hybridized carbons (Fsp3) is 0.500. The third-order valence-corrected chi connectivity index (χ3v) is 4.87. The number of aliphatic hydroxyl groups excluding tert-OH is 1. The van der Waals surface area contributed by atoms with Crippen molar-refractivity contribution in [1.29, 1.82) is 0 Å². The van der Waals surface area contributed by atoms with Crippen LogP contribution in [0.4, 0.5) is 0 Å². The van der Waals surface area contributed by atoms with Crippen molar-refractivity contribution in [1.82, 2.24) is 4.90 Å². The van der Waals surface area contributed by atoms with Crippen LogP contribution >= 0.6 is 35.0 Å². The first kappa shape index (κ1) is 16.0. The molecule has 1 aliphatic rings. The van der Waals surface area contributed by atoms with Crippen molar-refractivity contribution in [3.8, 4) is 0 Å². The molecule has 0 aromatic heterocycles. The number of carbonyl (C=O) groups excluding carboxylic acids is 1. The lowest BCUT2D eigenvalue weighted by atomic mass is 10.1. The second-order valence-electron chi connectivity index (χ2n) is 4.84. The molecule has 1 heterocycles. The first-order valence-electron chi connectivity index (χ1n) is 6.54. The largest absolute Gasteiger partial charge is 0.393 e. The van der Waals surface area contributed by atoms with Gasteiger partial charge in [-0.15, -0.1) is 11.8 Å². The lowest BCUT2D eigenvalue weighted by molar-refractivity contribution is -0.130. The Kier molecular flexibility index (Phi) is 6.02. The van der Waals surface area contributed by atoms with Gasteiger partial charge in [0.1, 0.15) is 0 Å². The van der Waals surface area contributed by atoms with Gasteiger partial charge in [-0.25, -0.2) is 0 Å². The molecule has 0 atom stereocenters. The van der Waals surface area contributed by atoms with Crippen LogP contribution in [0.3, 0.4) is 0 Å². The van der Waals surface area contributed by atoms with E-state index in [1.54, 1.807) is 23.9 Å². The van der Waals surface area contributed by atoms with Gasteiger partial charge in [0.25, 0.3) is 0 Å². The van der Waals surface area contributed by atoms with E-state index in [4.69, 9.17) is 23.2 Å². The zero-order chi connectivity index (χ0) is 14.5. The first-order chi connectivity index (χ1) is 9.56. The van der Waals surface area contributed by atoms with Crippen molar-refractivity contribution in [2.24, 2.45) is 0 Å². The lowest BCUT2D eigenvalue weighted by Crippen LogP contribution is -2.40. The average Bonchev–Trinajstić information content (AvgIpc) is 2.42. The second-order valence-corrected chi connectivity index (χ2v) is 6.67. The van der Waals surface area contributed by atoms with Gasteiger partial charge in [-0.1, -0.05) is 29.3 Å². The fourth-order valence-corrected chi connectivity index (χ4v) is 3.58. The van der Waals surface area contributed by atoms with Crippen molar-refractivity contribution < 1.29 is 9.90 Å². The van der Waals surface area contributed by atoms with E-state index in [0.717, 1.165) is 5.56 Å². The Morgan fingerprint density at radius 3 is 2.70 bits per heavy atom. The number of amides is 1. The number of aliphatic hydroxyl groups is 1. The quantitative estimate of drug-likeness (QED) is 0.919. The second kappa shape index (κ2) is 7.55. The SMILES string of the molecule is O=C(CSCc1ccc(Cl)cc1Cl)N1CCC(O)CC1. The number of thioether (sulfide) groups is 1. The van der Waals surface area contributed by atoms with Crippen LogP contribution in [0.5, 0.6) is 0 Å². The Bertz CT molecular complexity index is 476. The first-order valence-corrected chi connectivity index (χ1v) is 8.45. The highest BCUT2D eigenvalue weighted by atomic mass is 35.5. The predicted molar refractivity (Wildman–Crippen MR) is 84.4 cm³/mol. The molecule has 0 bridgehead atoms. The van der Waals surface area contributed by atoms with Gasteiger partial charge in [-0.05, 0) is 30.5 Å². The molecule has 1 saturated heterocycles. The molecule has 1 N–H and O–H groups in total. The molecular formula is C14H17Cl2NO2S. The van der Waals surface area contributed by atoms with Gasteiger partial charge in [0.15, 0.2) is 0 Å². The molecule has 20 heavy (non-hydrogen) atoms. The molecule has 0 radical (unpaired) electrons. The number of hydrogen-bond donors (Lipinski definition) is 1. The maximum atomic E-state index is 12.0. The Labute approximate surface area is 133 Å². The topological polar surface area (TPSA) is 40.5 Å². The Hall–Kier alpha value is -0.420. The summed E-state index contributed by atoms with van der Waals surface area (Å²) in [7, 11) is 0. The monoisotopic (exact) mass is 333 g/mol. The minimum atomic E-state index is -0.250. The summed E-state index contributed by atoms with van der Waals surface area (Å²) in [6.45, 7) is 1.31. The van der Waals surface area contributed by atoms with E-state index in [1.165, 1.54) is 0 Å². The lowest BCUT2D eigenvalue weighted by Gasteiger charge is -2.29. The van der Waals surface area contributed by atoms with E-state index < -0.39 is 0 Å². The standard InChI is InChI=1S/C14H17Cl2NO2S/c15-11-2-1-10(13(16)7-11)8-20-9-14(19)17-5-3-12(18)4-6-17/h1-2,7,12,18H,3-6,8-9H2. The van der Waals surface area contributed by atoms with E-state index in [1.807, 2.05) is 11.0 Å². The molecule has 0 spiro atoms. The van der Waals surface area contributed by atoms with Crippen LogP contribution in [0, 0.1) is 0 Å². The van der Waals surface area contributed by atoms with Crippen LogP contribution in [0.1, 0.15) is 18.4 Å². The molecule has 1 aromatic rings. The van der Waals surface area contributed by atoms with Gasteiger partial charge in [0, 0.05) is 28.9 Å². The van der Waals surface area contributed by atoms with Crippen LogP contribution in [0.15, 0.2) is 18.2 Å². The maximum absolute atomic E-state index is 12.0. The molecule has 6 heteroatoms. The number of nitrogens with zero attached hydrogens (tertiary/aromatic N) is 1. The summed E-state index contributed by atoms with van der Waals surface area (Å²) >= 11 is 13.5. The highest BCUT2D eigenvalue weighted by Gasteiger charge is 2.20. The number of piperidine rings is 1. The zero-order valence-corrected chi connectivity index (χ0v) is 13.3. The number of halogens is 2. The molecule has 2 rings (SSSR count). The third kappa shape index (κ3) is 4.55. The maximum Gasteiger partial charge on any atom is 0.232 e. The Morgan fingerprint density at radius 1 is 1.35 bits per heavy atom. The van der Waals surface area contributed by atoms with E-state index in [-0.39, 0.29) is 12.0 Å². The van der Waals surface area contributed by atoms with Crippen molar-refractivity contribution in [2.75, 3.05) is 18.8 Å². The van der Waals surface area contributed by atoms with E-state index in [2.05, 4.69) is 0 Å². The summed E-state index contributed by atoms with van der Waals surface area (Å²) in [5.41, 5.74) is 0.989. The van der Waals surface area contributed by atoms with Crippen LogP contribution in [-0.2, 0) is 10.5 Å². The highest BCUT2D eigenvalue weighted by Crippen LogP contribution is 2.25. The number of rotatable bonds is 4. The van der Waals surface area contributed by atoms with Gasteiger partial charge in [0.2, 0.25) is 5.91 Å². The highest BCUT2D eigenvalue weighted by molar-refractivity contribution is 7.99. The molecule has 1 aromatic carbocycles. The van der Waals surface area contributed by atoms with Gasteiger partial charge >= 0.3 is 0 Å². The molecule has 0 saturated carbocycles. The van der Waals surface area contributed by atoms with Crippen LogP contribution < -0.4 is 0 Å². The van der Waals surface area contributed by atoms with E-state index in [9.17, 15) is 9.90 Å². The summed E-state index contributed by atoms with van der Waals surface area (Å²) in [4.78, 5) is 13.8. The average molecular weight is 334 g/mol. The summed E-state index contributed by atoms with van der Waals surface area (Å²) in [5, 5.41) is 10.7. The number of hydrogen-bond acceptors (Lipinski definition) is 3. The normalized spacial score (nSPS) is 16.4. The Morgan fingerprint density at radius 2 is 2.05 bits per heavy atom. The molecule has 1 amide bonds. The van der Waals surface area contributed by atoms with Gasteiger partial charge in [0.05, 0.1) is 11.9 Å². The van der Waals surface area contributed by atoms with Gasteiger partial charge < -0.3 is 10.0 Å². The molecule has 110 valence electrons. The molecule has 0 unspecified atom stereocenters. The fourth-order valence-electron chi connectivity index (χ4n) is 2.09. The summed E-state index contributed by atoms with van der Waals surface area (Å²) < 4.78 is 0. The minimum absolute atomic E-state index is 0.131. The van der Waals surface area contributed by atoms with Crippen LogP contribution in [-0.4, -0.2) is 40.9 Å². The minimum Gasteiger partial charge on any atom is -0.393 e. The van der Waals surface area contributed by atoms with Crippen LogP contribution in [0.25, 0.3) is 0 Å². The smallest absolute Gasteiger partial charge is 0.232 e. The van der Waals surface area contributed by atoms with Crippen molar-refractivity contribution in [2.45, 2.75) is 24.7 Å². The molecular weight excluding hydrogens is 317 g/mol. The zero-order valence-electron chi connectivity index (χ0n) is 11.0. The molecule has 3 nitrogen and oxygen atoms in total. The Balaban J connectivity index is 1.76.